The first-order valence-corrected chi connectivity index (χ1v) is 9.18. The summed E-state index contributed by atoms with van der Waals surface area (Å²) in [6, 6.07) is 20.9. The maximum atomic E-state index is 13.6. The second-order valence-corrected chi connectivity index (χ2v) is 7.16. The molecule has 2 N–H and O–H groups in total. The van der Waals surface area contributed by atoms with Crippen LogP contribution < -0.4 is 5.32 Å². The zero-order valence-corrected chi connectivity index (χ0v) is 15.3. The lowest BCUT2D eigenvalue weighted by atomic mass is 9.87. The van der Waals surface area contributed by atoms with E-state index < -0.39 is 17.5 Å². The summed E-state index contributed by atoms with van der Waals surface area (Å²) in [6.45, 7) is 0.0661. The monoisotopic (exact) mass is 384 g/mol. The van der Waals surface area contributed by atoms with Crippen LogP contribution in [0, 0.1) is 0 Å². The summed E-state index contributed by atoms with van der Waals surface area (Å²) in [7, 11) is 0. The van der Waals surface area contributed by atoms with E-state index in [1.54, 1.807) is 12.1 Å². The number of hydrogen-bond acceptors (Lipinski definition) is 3. The van der Waals surface area contributed by atoms with Crippen molar-refractivity contribution in [3.8, 4) is 11.1 Å². The van der Waals surface area contributed by atoms with Gasteiger partial charge in [-0.25, -0.2) is 9.59 Å². The van der Waals surface area contributed by atoms with E-state index in [1.165, 1.54) is 17.0 Å². The number of fused-ring (bicyclic) bond motifs is 5. The molecule has 29 heavy (non-hydrogen) atoms. The molecule has 5 rings (SSSR count). The number of carboxylic acid groups (broad SMARTS) is 1. The molecular formula is C23H16N2O4. The van der Waals surface area contributed by atoms with Crippen molar-refractivity contribution in [2.24, 2.45) is 0 Å². The number of nitrogens with zero attached hydrogens (tertiary/aromatic N) is 1. The molecule has 6 heteroatoms. The summed E-state index contributed by atoms with van der Waals surface area (Å²) in [6.07, 6.45) is 0. The van der Waals surface area contributed by atoms with E-state index in [9.17, 15) is 14.4 Å². The Labute approximate surface area is 166 Å². The topological polar surface area (TPSA) is 86.7 Å². The average molecular weight is 384 g/mol. The van der Waals surface area contributed by atoms with Crippen molar-refractivity contribution in [2.45, 2.75) is 12.1 Å². The van der Waals surface area contributed by atoms with Crippen LogP contribution in [-0.4, -0.2) is 27.9 Å². The number of hydrogen-bond donors (Lipinski definition) is 2. The van der Waals surface area contributed by atoms with Crippen molar-refractivity contribution in [3.63, 3.8) is 0 Å². The Balaban J connectivity index is 1.56. The van der Waals surface area contributed by atoms with Crippen molar-refractivity contribution in [1.29, 1.82) is 0 Å². The predicted octanol–water partition coefficient (Wildman–Crippen LogP) is 3.36. The molecule has 1 aliphatic heterocycles. The zero-order valence-electron chi connectivity index (χ0n) is 15.3. The van der Waals surface area contributed by atoms with Gasteiger partial charge in [0.1, 0.15) is 0 Å². The van der Waals surface area contributed by atoms with Crippen molar-refractivity contribution in [1.82, 2.24) is 10.2 Å². The van der Waals surface area contributed by atoms with E-state index >= 15 is 0 Å². The van der Waals surface area contributed by atoms with Crippen LogP contribution in [0.1, 0.15) is 27.0 Å². The minimum atomic E-state index is -1.23. The average Bonchev–Trinajstić information content (AvgIpc) is 3.16. The van der Waals surface area contributed by atoms with Gasteiger partial charge in [-0.15, -0.1) is 0 Å². The molecule has 3 aromatic carbocycles. The SMILES string of the molecule is O=C(O)c1ccc(CN2C(=O)NC3(C2=O)c2ccccc2-c2ccccc23)cc1. The predicted molar refractivity (Wildman–Crippen MR) is 105 cm³/mol. The fourth-order valence-electron chi connectivity index (χ4n) is 4.26. The van der Waals surface area contributed by atoms with Crippen LogP contribution in [0.25, 0.3) is 11.1 Å². The van der Waals surface area contributed by atoms with E-state index in [0.29, 0.717) is 5.56 Å². The number of amides is 3. The molecule has 0 atom stereocenters. The molecule has 3 amide bonds. The molecule has 1 saturated heterocycles. The number of rotatable bonds is 3. The molecule has 0 unspecified atom stereocenters. The fourth-order valence-corrected chi connectivity index (χ4v) is 4.26. The third kappa shape index (κ3) is 2.32. The lowest BCUT2D eigenvalue weighted by Gasteiger charge is -2.24. The lowest BCUT2D eigenvalue weighted by molar-refractivity contribution is -0.130. The number of carbonyl (C=O) groups is 3. The van der Waals surface area contributed by atoms with Crippen LogP contribution in [0.15, 0.2) is 72.8 Å². The second kappa shape index (κ2) is 6.04. The number of nitrogens with one attached hydrogen (secondary N) is 1. The minimum absolute atomic E-state index is 0.0661. The second-order valence-electron chi connectivity index (χ2n) is 7.16. The number of imide groups is 1. The Kier molecular flexibility index (Phi) is 3.58. The molecule has 1 fully saturated rings. The Morgan fingerprint density at radius 3 is 1.97 bits per heavy atom. The highest BCUT2D eigenvalue weighted by molar-refractivity contribution is 6.13. The van der Waals surface area contributed by atoms with E-state index in [1.807, 2.05) is 48.5 Å². The maximum absolute atomic E-state index is 13.6. The summed E-state index contributed by atoms with van der Waals surface area (Å²) < 4.78 is 0. The Morgan fingerprint density at radius 2 is 1.41 bits per heavy atom. The molecule has 142 valence electrons. The van der Waals surface area contributed by atoms with E-state index in [0.717, 1.165) is 22.3 Å². The fraction of sp³-hybridized carbons (Fsp3) is 0.0870. The molecule has 1 spiro atoms. The van der Waals surface area contributed by atoms with Gasteiger partial charge in [0.05, 0.1) is 12.1 Å². The third-order valence-corrected chi connectivity index (χ3v) is 5.60. The minimum Gasteiger partial charge on any atom is -0.478 e. The van der Waals surface area contributed by atoms with Crippen LogP contribution in [0.5, 0.6) is 0 Å². The third-order valence-electron chi connectivity index (χ3n) is 5.60. The van der Waals surface area contributed by atoms with E-state index in [-0.39, 0.29) is 18.0 Å². The first-order valence-electron chi connectivity index (χ1n) is 9.18. The van der Waals surface area contributed by atoms with Crippen LogP contribution in [0.3, 0.4) is 0 Å². The number of carbonyl (C=O) groups excluding carboxylic acids is 2. The first-order chi connectivity index (χ1) is 14.0. The normalized spacial score (nSPS) is 15.9. The summed E-state index contributed by atoms with van der Waals surface area (Å²) in [5, 5.41) is 12.0. The summed E-state index contributed by atoms with van der Waals surface area (Å²) in [5.74, 6) is -1.35. The number of urea groups is 1. The van der Waals surface area contributed by atoms with Crippen molar-refractivity contribution < 1.29 is 19.5 Å². The Morgan fingerprint density at radius 1 is 0.862 bits per heavy atom. The molecular weight excluding hydrogens is 368 g/mol. The highest BCUT2D eigenvalue weighted by atomic mass is 16.4. The van der Waals surface area contributed by atoms with Gasteiger partial charge in [0, 0.05) is 0 Å². The van der Waals surface area contributed by atoms with Crippen molar-refractivity contribution in [2.75, 3.05) is 0 Å². The van der Waals surface area contributed by atoms with Gasteiger partial charge in [-0.3, -0.25) is 9.69 Å². The van der Waals surface area contributed by atoms with E-state index in [2.05, 4.69) is 5.32 Å². The molecule has 0 radical (unpaired) electrons. The van der Waals surface area contributed by atoms with Crippen molar-refractivity contribution >= 4 is 17.9 Å². The Hall–Kier alpha value is -3.93. The van der Waals surface area contributed by atoms with Gasteiger partial charge in [0.25, 0.3) is 5.91 Å². The molecule has 1 heterocycles. The van der Waals surface area contributed by atoms with Gasteiger partial charge in [0.2, 0.25) is 0 Å². The summed E-state index contributed by atoms with van der Waals surface area (Å²) in [5.41, 5.74) is 3.00. The van der Waals surface area contributed by atoms with Crippen LogP contribution in [0.2, 0.25) is 0 Å². The smallest absolute Gasteiger partial charge is 0.335 e. The number of aromatic carboxylic acids is 1. The summed E-state index contributed by atoms with van der Waals surface area (Å²) in [4.78, 5) is 38.7. The lowest BCUT2D eigenvalue weighted by Crippen LogP contribution is -2.43. The van der Waals surface area contributed by atoms with E-state index in [4.69, 9.17) is 5.11 Å². The van der Waals surface area contributed by atoms with Gasteiger partial charge < -0.3 is 10.4 Å². The van der Waals surface area contributed by atoms with Gasteiger partial charge in [0.15, 0.2) is 5.54 Å². The Bertz CT molecular complexity index is 1140. The molecule has 6 nitrogen and oxygen atoms in total. The quantitative estimate of drug-likeness (QED) is 0.678. The van der Waals surface area contributed by atoms with Crippen molar-refractivity contribution in [3.05, 3.63) is 95.1 Å². The number of carboxylic acids is 1. The molecule has 2 aliphatic rings. The van der Waals surface area contributed by atoms with Gasteiger partial charge >= 0.3 is 12.0 Å². The van der Waals surface area contributed by atoms with Crippen LogP contribution in [-0.2, 0) is 16.9 Å². The molecule has 0 bridgehead atoms. The van der Waals surface area contributed by atoms with Gasteiger partial charge in [-0.2, -0.15) is 0 Å². The van der Waals surface area contributed by atoms with Crippen LogP contribution in [0.4, 0.5) is 4.79 Å². The largest absolute Gasteiger partial charge is 0.478 e. The van der Waals surface area contributed by atoms with Crippen LogP contribution >= 0.6 is 0 Å². The van der Waals surface area contributed by atoms with Gasteiger partial charge in [-0.05, 0) is 39.9 Å². The zero-order chi connectivity index (χ0) is 20.2. The molecule has 1 aliphatic carbocycles. The summed E-state index contributed by atoms with van der Waals surface area (Å²) >= 11 is 0. The molecule has 3 aromatic rings. The molecule has 0 aromatic heterocycles. The molecule has 0 saturated carbocycles. The standard InChI is InChI=1S/C23H16N2O4/c26-20(27)15-11-9-14(10-12-15)13-25-21(28)23(24-22(25)29)18-7-3-1-5-16(18)17-6-2-4-8-19(17)23/h1-12H,13H2,(H,24,29)(H,26,27). The van der Waals surface area contributed by atoms with Gasteiger partial charge in [-0.1, -0.05) is 60.7 Å². The maximum Gasteiger partial charge on any atom is 0.335 e. The number of benzene rings is 3. The highest BCUT2D eigenvalue weighted by Gasteiger charge is 2.57. The highest BCUT2D eigenvalue weighted by Crippen LogP contribution is 2.50. The first kappa shape index (κ1) is 17.2.